The third kappa shape index (κ3) is 2.80. The van der Waals surface area contributed by atoms with Crippen molar-refractivity contribution in [3.63, 3.8) is 0 Å². The molecule has 2 heterocycles. The number of hydrogen-bond donors (Lipinski definition) is 1. The lowest BCUT2D eigenvalue weighted by molar-refractivity contribution is 0.393. The molecule has 3 nitrogen and oxygen atoms in total. The summed E-state index contributed by atoms with van der Waals surface area (Å²) in [6.07, 6.45) is 6.68. The van der Waals surface area contributed by atoms with Crippen LogP contribution in [-0.4, -0.2) is 27.8 Å². The first kappa shape index (κ1) is 12.0. The zero-order chi connectivity index (χ0) is 11.4. The first-order chi connectivity index (χ1) is 7.81. The lowest BCUT2D eigenvalue weighted by atomic mass is 9.94. The Kier molecular flexibility index (Phi) is 4.29. The molecular weight excluding hydrogens is 218 g/mol. The second kappa shape index (κ2) is 5.73. The van der Waals surface area contributed by atoms with Crippen LogP contribution in [0.3, 0.4) is 0 Å². The summed E-state index contributed by atoms with van der Waals surface area (Å²) >= 11 is 2.08. The van der Waals surface area contributed by atoms with Gasteiger partial charge in [0.15, 0.2) is 0 Å². The van der Waals surface area contributed by atoms with Crippen molar-refractivity contribution < 1.29 is 0 Å². The molecule has 1 aromatic rings. The van der Waals surface area contributed by atoms with E-state index in [0.717, 1.165) is 12.5 Å². The number of thioether (sulfide) groups is 1. The largest absolute Gasteiger partial charge is 0.310 e. The van der Waals surface area contributed by atoms with E-state index in [1.54, 1.807) is 0 Å². The number of nitrogens with one attached hydrogen (secondary N) is 1. The number of aromatic nitrogens is 2. The molecular formula is C12H21N3S. The van der Waals surface area contributed by atoms with Crippen molar-refractivity contribution >= 4 is 11.8 Å². The highest BCUT2D eigenvalue weighted by Gasteiger charge is 2.26. The number of nitrogens with zero attached hydrogens (tertiary/aromatic N) is 2. The van der Waals surface area contributed by atoms with Crippen molar-refractivity contribution in [3.8, 4) is 0 Å². The molecule has 0 amide bonds. The Hall–Kier alpha value is -0.480. The lowest BCUT2D eigenvalue weighted by Gasteiger charge is -2.23. The average Bonchev–Trinajstić information content (AvgIpc) is 2.91. The summed E-state index contributed by atoms with van der Waals surface area (Å²) in [4.78, 5) is 0. The average molecular weight is 239 g/mol. The Balaban J connectivity index is 2.06. The second-order valence-electron chi connectivity index (χ2n) is 4.50. The van der Waals surface area contributed by atoms with Gasteiger partial charge in [-0.15, -0.1) is 0 Å². The van der Waals surface area contributed by atoms with E-state index in [4.69, 9.17) is 0 Å². The van der Waals surface area contributed by atoms with Crippen LogP contribution in [0.15, 0.2) is 12.4 Å². The Morgan fingerprint density at radius 2 is 2.56 bits per heavy atom. The fourth-order valence-electron chi connectivity index (χ4n) is 2.27. The van der Waals surface area contributed by atoms with Crippen molar-refractivity contribution in [1.29, 1.82) is 0 Å². The molecule has 1 saturated heterocycles. The van der Waals surface area contributed by atoms with Crippen molar-refractivity contribution in [2.75, 3.05) is 18.1 Å². The Labute approximate surface area is 102 Å². The van der Waals surface area contributed by atoms with Gasteiger partial charge in [0, 0.05) is 24.8 Å². The number of rotatable bonds is 5. The Bertz CT molecular complexity index is 318. The minimum absolute atomic E-state index is 0.503. The van der Waals surface area contributed by atoms with Gasteiger partial charge in [0.05, 0.1) is 6.20 Å². The van der Waals surface area contributed by atoms with E-state index in [2.05, 4.69) is 35.3 Å². The molecule has 0 radical (unpaired) electrons. The Morgan fingerprint density at radius 1 is 1.69 bits per heavy atom. The summed E-state index contributed by atoms with van der Waals surface area (Å²) in [5.74, 6) is 3.38. The van der Waals surface area contributed by atoms with Crippen LogP contribution in [0.2, 0.25) is 0 Å². The van der Waals surface area contributed by atoms with Crippen LogP contribution in [-0.2, 0) is 7.05 Å². The predicted molar refractivity (Wildman–Crippen MR) is 69.7 cm³/mol. The van der Waals surface area contributed by atoms with E-state index in [0.29, 0.717) is 6.04 Å². The topological polar surface area (TPSA) is 29.9 Å². The molecule has 2 atom stereocenters. The van der Waals surface area contributed by atoms with Crippen LogP contribution in [0.5, 0.6) is 0 Å². The van der Waals surface area contributed by atoms with Gasteiger partial charge in [0.2, 0.25) is 0 Å². The fourth-order valence-corrected chi connectivity index (χ4v) is 3.57. The maximum Gasteiger partial charge on any atom is 0.0537 e. The highest BCUT2D eigenvalue weighted by molar-refractivity contribution is 7.99. The maximum absolute atomic E-state index is 4.29. The highest BCUT2D eigenvalue weighted by Crippen LogP contribution is 2.33. The minimum atomic E-state index is 0.503. The molecule has 1 fully saturated rings. The quantitative estimate of drug-likeness (QED) is 0.854. The van der Waals surface area contributed by atoms with Crippen molar-refractivity contribution in [2.45, 2.75) is 25.8 Å². The van der Waals surface area contributed by atoms with E-state index in [1.807, 2.05) is 17.9 Å². The van der Waals surface area contributed by atoms with Crippen LogP contribution in [0, 0.1) is 5.92 Å². The van der Waals surface area contributed by atoms with Crippen molar-refractivity contribution in [2.24, 2.45) is 13.0 Å². The first-order valence-corrected chi connectivity index (χ1v) is 7.26. The maximum atomic E-state index is 4.29. The van der Waals surface area contributed by atoms with E-state index < -0.39 is 0 Å². The zero-order valence-corrected chi connectivity index (χ0v) is 11.0. The van der Waals surface area contributed by atoms with Crippen LogP contribution in [0.1, 0.15) is 31.4 Å². The van der Waals surface area contributed by atoms with Crippen LogP contribution < -0.4 is 5.32 Å². The molecule has 1 aliphatic rings. The van der Waals surface area contributed by atoms with Gasteiger partial charge in [0.1, 0.15) is 0 Å². The highest BCUT2D eigenvalue weighted by atomic mass is 32.2. The third-order valence-corrected chi connectivity index (χ3v) is 4.32. The predicted octanol–water partition coefficient (Wildman–Crippen LogP) is 2.21. The summed E-state index contributed by atoms with van der Waals surface area (Å²) in [5.41, 5.74) is 1.35. The smallest absolute Gasteiger partial charge is 0.0537 e. The summed E-state index contributed by atoms with van der Waals surface area (Å²) < 4.78 is 1.90. The monoisotopic (exact) mass is 239 g/mol. The van der Waals surface area contributed by atoms with Crippen LogP contribution in [0.4, 0.5) is 0 Å². The molecule has 90 valence electrons. The molecule has 4 heteroatoms. The molecule has 1 aromatic heterocycles. The van der Waals surface area contributed by atoms with Gasteiger partial charge >= 0.3 is 0 Å². The molecule has 0 spiro atoms. The number of hydrogen-bond acceptors (Lipinski definition) is 3. The molecule has 2 unspecified atom stereocenters. The number of aryl methyl sites for hydroxylation is 1. The van der Waals surface area contributed by atoms with Crippen LogP contribution in [0.25, 0.3) is 0 Å². The van der Waals surface area contributed by atoms with Crippen LogP contribution >= 0.6 is 11.8 Å². The summed E-state index contributed by atoms with van der Waals surface area (Å²) in [6.45, 7) is 3.32. The normalized spacial score (nSPS) is 22.5. The van der Waals surface area contributed by atoms with E-state index in [1.165, 1.54) is 29.9 Å². The van der Waals surface area contributed by atoms with Gasteiger partial charge in [-0.2, -0.15) is 16.9 Å². The SMILES string of the molecule is CCCNC(c1cnn(C)c1)C1CCSC1. The van der Waals surface area contributed by atoms with E-state index in [-0.39, 0.29) is 0 Å². The molecule has 0 bridgehead atoms. The van der Waals surface area contributed by atoms with E-state index in [9.17, 15) is 0 Å². The van der Waals surface area contributed by atoms with Gasteiger partial charge in [-0.05, 0) is 36.8 Å². The fraction of sp³-hybridized carbons (Fsp3) is 0.750. The molecule has 16 heavy (non-hydrogen) atoms. The molecule has 0 aromatic carbocycles. The Morgan fingerprint density at radius 3 is 3.12 bits per heavy atom. The summed E-state index contributed by atoms with van der Waals surface area (Å²) in [7, 11) is 1.99. The van der Waals surface area contributed by atoms with Gasteiger partial charge in [-0.3, -0.25) is 4.68 Å². The zero-order valence-electron chi connectivity index (χ0n) is 10.1. The van der Waals surface area contributed by atoms with Crippen molar-refractivity contribution in [1.82, 2.24) is 15.1 Å². The molecule has 0 aliphatic carbocycles. The van der Waals surface area contributed by atoms with Gasteiger partial charge in [-0.1, -0.05) is 6.92 Å². The lowest BCUT2D eigenvalue weighted by Crippen LogP contribution is -2.28. The second-order valence-corrected chi connectivity index (χ2v) is 5.65. The molecule has 2 rings (SSSR count). The third-order valence-electron chi connectivity index (χ3n) is 3.13. The first-order valence-electron chi connectivity index (χ1n) is 6.11. The van der Waals surface area contributed by atoms with Gasteiger partial charge < -0.3 is 5.32 Å². The summed E-state index contributed by atoms with van der Waals surface area (Å²) in [6, 6.07) is 0.503. The van der Waals surface area contributed by atoms with E-state index >= 15 is 0 Å². The van der Waals surface area contributed by atoms with Gasteiger partial charge in [0.25, 0.3) is 0 Å². The minimum Gasteiger partial charge on any atom is -0.310 e. The molecule has 0 saturated carbocycles. The molecule has 1 N–H and O–H groups in total. The molecule has 1 aliphatic heterocycles. The standard InChI is InChI=1S/C12H21N3S/c1-3-5-13-12(10-4-6-16-9-10)11-7-14-15(2)8-11/h7-8,10,12-13H,3-6,9H2,1-2H3. The van der Waals surface area contributed by atoms with Gasteiger partial charge in [-0.25, -0.2) is 0 Å². The summed E-state index contributed by atoms with van der Waals surface area (Å²) in [5, 5.41) is 7.96. The van der Waals surface area contributed by atoms with Crippen molar-refractivity contribution in [3.05, 3.63) is 18.0 Å².